The molecule has 1 rings (SSSR count). The van der Waals surface area contributed by atoms with Crippen LogP contribution in [0.2, 0.25) is 0 Å². The van der Waals surface area contributed by atoms with Gasteiger partial charge in [-0.05, 0) is 34.5 Å². The fraction of sp³-hybridized carbons (Fsp3) is 0.538. The number of nitrogens with one attached hydrogen (secondary N) is 1. The van der Waals surface area contributed by atoms with Crippen molar-refractivity contribution in [1.82, 2.24) is 5.32 Å². The molecular weight excluding hydrogens is 328 g/mol. The van der Waals surface area contributed by atoms with Crippen molar-refractivity contribution < 1.29 is 14.8 Å². The van der Waals surface area contributed by atoms with E-state index in [1.54, 1.807) is 6.07 Å². The van der Waals surface area contributed by atoms with Crippen molar-refractivity contribution in [3.8, 4) is 5.75 Å². The van der Waals surface area contributed by atoms with Crippen LogP contribution in [-0.2, 0) is 0 Å². The topological polar surface area (TPSA) is 84.6 Å². The Balaban J connectivity index is 2.48. The third-order valence-electron chi connectivity index (χ3n) is 2.49. The molecule has 1 atom stereocenters. The zero-order valence-corrected chi connectivity index (χ0v) is 13.1. The quantitative estimate of drug-likeness (QED) is 0.557. The molecular formula is C13H19BrN2O4. The maximum Gasteiger partial charge on any atom is 0.273 e. The maximum atomic E-state index is 10.7. The van der Waals surface area contributed by atoms with Gasteiger partial charge in [-0.15, -0.1) is 0 Å². The van der Waals surface area contributed by atoms with Crippen LogP contribution in [0.25, 0.3) is 0 Å². The first-order valence-electron chi connectivity index (χ1n) is 6.35. The summed E-state index contributed by atoms with van der Waals surface area (Å²) in [6.45, 7) is 5.47. The van der Waals surface area contributed by atoms with Gasteiger partial charge in [-0.3, -0.25) is 10.1 Å². The van der Waals surface area contributed by atoms with Gasteiger partial charge in [0.25, 0.3) is 5.69 Å². The number of nitro benzene ring substituents is 1. The molecule has 0 saturated heterocycles. The van der Waals surface area contributed by atoms with Crippen molar-refractivity contribution in [2.24, 2.45) is 5.92 Å². The highest BCUT2D eigenvalue weighted by atomic mass is 79.9. The summed E-state index contributed by atoms with van der Waals surface area (Å²) in [7, 11) is 0. The Morgan fingerprint density at radius 3 is 2.75 bits per heavy atom. The van der Waals surface area contributed by atoms with E-state index in [1.807, 2.05) is 0 Å². The molecule has 0 spiro atoms. The standard InChI is InChI=1S/C13H19BrN2O4/c1-9(2)6-15-7-11(17)8-20-13-5-10(16(18)19)3-4-12(13)14/h3-5,9,11,15,17H,6-8H2,1-2H3. The molecule has 20 heavy (non-hydrogen) atoms. The lowest BCUT2D eigenvalue weighted by Crippen LogP contribution is -2.33. The second-order valence-electron chi connectivity index (χ2n) is 4.89. The molecule has 0 bridgehead atoms. The largest absolute Gasteiger partial charge is 0.489 e. The van der Waals surface area contributed by atoms with Crippen LogP contribution in [0.3, 0.4) is 0 Å². The summed E-state index contributed by atoms with van der Waals surface area (Å²) in [4.78, 5) is 10.2. The fourth-order valence-electron chi connectivity index (χ4n) is 1.50. The lowest BCUT2D eigenvalue weighted by atomic mass is 10.2. The summed E-state index contributed by atoms with van der Waals surface area (Å²) >= 11 is 3.26. The Labute approximate surface area is 126 Å². The SMILES string of the molecule is CC(C)CNCC(O)COc1cc([N+](=O)[O-])ccc1Br. The maximum absolute atomic E-state index is 10.7. The Bertz CT molecular complexity index is 454. The molecule has 0 aliphatic carbocycles. The molecule has 0 radical (unpaired) electrons. The van der Waals surface area contributed by atoms with Crippen LogP contribution in [0.15, 0.2) is 22.7 Å². The van der Waals surface area contributed by atoms with Crippen molar-refractivity contribution in [3.63, 3.8) is 0 Å². The van der Waals surface area contributed by atoms with Gasteiger partial charge in [-0.1, -0.05) is 13.8 Å². The summed E-state index contributed by atoms with van der Waals surface area (Å²) in [6.07, 6.45) is -0.667. The molecule has 1 unspecified atom stereocenters. The van der Waals surface area contributed by atoms with Gasteiger partial charge in [0.2, 0.25) is 0 Å². The summed E-state index contributed by atoms with van der Waals surface area (Å²) in [5.41, 5.74) is -0.0457. The van der Waals surface area contributed by atoms with Gasteiger partial charge in [-0.2, -0.15) is 0 Å². The number of rotatable bonds is 8. The van der Waals surface area contributed by atoms with Crippen molar-refractivity contribution in [2.75, 3.05) is 19.7 Å². The van der Waals surface area contributed by atoms with Gasteiger partial charge in [0, 0.05) is 12.6 Å². The highest BCUT2D eigenvalue weighted by Gasteiger charge is 2.12. The molecule has 0 aliphatic rings. The number of ether oxygens (including phenoxy) is 1. The number of hydrogen-bond acceptors (Lipinski definition) is 5. The predicted molar refractivity (Wildman–Crippen MR) is 80.0 cm³/mol. The lowest BCUT2D eigenvalue weighted by Gasteiger charge is -2.14. The van der Waals surface area contributed by atoms with E-state index in [1.165, 1.54) is 12.1 Å². The van der Waals surface area contributed by atoms with E-state index in [2.05, 4.69) is 35.1 Å². The molecule has 0 aromatic heterocycles. The summed E-state index contributed by atoms with van der Waals surface area (Å²) < 4.78 is 6.02. The fourth-order valence-corrected chi connectivity index (χ4v) is 1.86. The Morgan fingerprint density at radius 2 is 2.15 bits per heavy atom. The number of hydrogen-bond donors (Lipinski definition) is 2. The van der Waals surface area contributed by atoms with Crippen LogP contribution in [0.1, 0.15) is 13.8 Å². The first kappa shape index (κ1) is 16.9. The van der Waals surface area contributed by atoms with Crippen LogP contribution in [0.5, 0.6) is 5.75 Å². The average Bonchev–Trinajstić information content (AvgIpc) is 2.37. The Hall–Kier alpha value is -1.18. The number of nitrogens with zero attached hydrogens (tertiary/aromatic N) is 1. The zero-order chi connectivity index (χ0) is 15.1. The molecule has 1 aromatic rings. The van der Waals surface area contributed by atoms with Gasteiger partial charge >= 0.3 is 0 Å². The minimum atomic E-state index is -0.667. The van der Waals surface area contributed by atoms with E-state index < -0.39 is 11.0 Å². The second kappa shape index (κ2) is 8.18. The van der Waals surface area contributed by atoms with Crippen molar-refractivity contribution in [2.45, 2.75) is 20.0 Å². The van der Waals surface area contributed by atoms with Crippen LogP contribution in [-0.4, -0.2) is 35.8 Å². The van der Waals surface area contributed by atoms with Crippen molar-refractivity contribution in [1.29, 1.82) is 0 Å². The van der Waals surface area contributed by atoms with Gasteiger partial charge in [0.15, 0.2) is 0 Å². The summed E-state index contributed by atoms with van der Waals surface area (Å²) in [5, 5.41) is 23.6. The van der Waals surface area contributed by atoms with E-state index >= 15 is 0 Å². The van der Waals surface area contributed by atoms with Gasteiger partial charge in [0.05, 0.1) is 15.5 Å². The smallest absolute Gasteiger partial charge is 0.273 e. The molecule has 7 heteroatoms. The van der Waals surface area contributed by atoms with Crippen LogP contribution in [0, 0.1) is 16.0 Å². The molecule has 2 N–H and O–H groups in total. The number of aliphatic hydroxyl groups is 1. The number of benzene rings is 1. The number of non-ortho nitro benzene ring substituents is 1. The first-order chi connectivity index (χ1) is 9.40. The van der Waals surface area contributed by atoms with E-state index in [4.69, 9.17) is 4.74 Å². The third kappa shape index (κ3) is 5.85. The van der Waals surface area contributed by atoms with E-state index in [0.29, 0.717) is 22.7 Å². The number of nitro groups is 1. The van der Waals surface area contributed by atoms with E-state index in [9.17, 15) is 15.2 Å². The average molecular weight is 347 g/mol. The predicted octanol–water partition coefficient (Wildman–Crippen LogP) is 2.34. The molecule has 1 aromatic carbocycles. The normalized spacial score (nSPS) is 12.4. The first-order valence-corrected chi connectivity index (χ1v) is 7.15. The molecule has 0 saturated carbocycles. The molecule has 0 heterocycles. The minimum Gasteiger partial charge on any atom is -0.489 e. The molecule has 6 nitrogen and oxygen atoms in total. The Kier molecular flexibility index (Phi) is 6.90. The lowest BCUT2D eigenvalue weighted by molar-refractivity contribution is -0.385. The van der Waals surface area contributed by atoms with Crippen LogP contribution in [0.4, 0.5) is 5.69 Å². The highest BCUT2D eigenvalue weighted by Crippen LogP contribution is 2.29. The van der Waals surface area contributed by atoms with E-state index in [0.717, 1.165) is 6.54 Å². The summed E-state index contributed by atoms with van der Waals surface area (Å²) in [6, 6.07) is 4.27. The van der Waals surface area contributed by atoms with Crippen LogP contribution < -0.4 is 10.1 Å². The monoisotopic (exact) mass is 346 g/mol. The molecule has 0 fully saturated rings. The highest BCUT2D eigenvalue weighted by molar-refractivity contribution is 9.10. The Morgan fingerprint density at radius 1 is 1.45 bits per heavy atom. The summed E-state index contributed by atoms with van der Waals surface area (Å²) in [5.74, 6) is 0.858. The van der Waals surface area contributed by atoms with Crippen molar-refractivity contribution >= 4 is 21.6 Å². The minimum absolute atomic E-state index is 0.0457. The molecule has 0 amide bonds. The molecule has 112 valence electrons. The number of aliphatic hydroxyl groups excluding tert-OH is 1. The van der Waals surface area contributed by atoms with Crippen LogP contribution >= 0.6 is 15.9 Å². The number of halogens is 1. The van der Waals surface area contributed by atoms with Gasteiger partial charge in [0.1, 0.15) is 18.5 Å². The van der Waals surface area contributed by atoms with Gasteiger partial charge in [-0.25, -0.2) is 0 Å². The zero-order valence-electron chi connectivity index (χ0n) is 11.5. The van der Waals surface area contributed by atoms with Crippen molar-refractivity contribution in [3.05, 3.63) is 32.8 Å². The second-order valence-corrected chi connectivity index (χ2v) is 5.74. The third-order valence-corrected chi connectivity index (χ3v) is 3.14. The van der Waals surface area contributed by atoms with E-state index in [-0.39, 0.29) is 12.3 Å². The molecule has 0 aliphatic heterocycles. The van der Waals surface area contributed by atoms with Gasteiger partial charge < -0.3 is 15.2 Å².